The van der Waals surface area contributed by atoms with Gasteiger partial charge in [0.25, 0.3) is 0 Å². The van der Waals surface area contributed by atoms with Crippen LogP contribution in [0.15, 0.2) is 28.7 Å². The Hall–Kier alpha value is -0.590. The second-order valence-corrected chi connectivity index (χ2v) is 8.52. The summed E-state index contributed by atoms with van der Waals surface area (Å²) in [6, 6.07) is 7.51. The Bertz CT molecular complexity index is 524. The van der Waals surface area contributed by atoms with E-state index in [9.17, 15) is 4.55 Å². The highest BCUT2D eigenvalue weighted by Crippen LogP contribution is 2.36. The first-order chi connectivity index (χ1) is 10.3. The third kappa shape index (κ3) is 4.46. The van der Waals surface area contributed by atoms with Crippen molar-refractivity contribution in [2.24, 2.45) is 4.40 Å². The smallest absolute Gasteiger partial charge is 0.195 e. The van der Waals surface area contributed by atoms with Crippen LogP contribution in [0.2, 0.25) is 5.02 Å². The maximum atomic E-state index is 11.9. The van der Waals surface area contributed by atoms with Gasteiger partial charge in [0, 0.05) is 17.0 Å². The molecule has 0 bridgehead atoms. The average molecular weight is 344 g/mol. The Balaban J connectivity index is 2.03. The summed E-state index contributed by atoms with van der Waals surface area (Å²) in [5.74, 6) is -0.778. The summed E-state index contributed by atoms with van der Waals surface area (Å²) < 4.78 is 27.3. The summed E-state index contributed by atoms with van der Waals surface area (Å²) >= 11 is 4.83. The van der Waals surface area contributed by atoms with Crippen LogP contribution in [0.3, 0.4) is 0 Å². The van der Waals surface area contributed by atoms with Gasteiger partial charge in [-0.15, -0.1) is 0 Å². The number of halogens is 1. The minimum Gasteiger partial charge on any atom is -0.591 e. The molecule has 0 aliphatic carbocycles. The third-order valence-corrected chi connectivity index (χ3v) is 4.94. The molecular formula is C16H22ClNO3S. The Labute approximate surface area is 140 Å². The van der Waals surface area contributed by atoms with Gasteiger partial charge in [0.05, 0.1) is 19.4 Å². The van der Waals surface area contributed by atoms with Gasteiger partial charge in [-0.2, -0.15) is 0 Å². The van der Waals surface area contributed by atoms with E-state index in [1.165, 1.54) is 0 Å². The minimum atomic E-state index is -1.24. The highest BCUT2D eigenvalue weighted by molar-refractivity contribution is 7.91. The molecule has 1 fully saturated rings. The fraction of sp³-hybridized carbons (Fsp3) is 0.562. The molecular weight excluding hydrogens is 322 g/mol. The molecule has 0 radical (unpaired) electrons. The van der Waals surface area contributed by atoms with Gasteiger partial charge in [-0.05, 0) is 39.3 Å². The zero-order valence-corrected chi connectivity index (χ0v) is 14.7. The first-order valence-corrected chi connectivity index (χ1v) is 8.80. The second-order valence-electron chi connectivity index (χ2n) is 6.15. The van der Waals surface area contributed by atoms with Gasteiger partial charge in [0.15, 0.2) is 5.79 Å². The summed E-state index contributed by atoms with van der Waals surface area (Å²) in [7, 11) is 0. The van der Waals surface area contributed by atoms with Crippen molar-refractivity contribution in [2.45, 2.75) is 44.1 Å². The molecule has 1 aliphatic heterocycles. The van der Waals surface area contributed by atoms with E-state index in [1.807, 2.05) is 45.0 Å². The van der Waals surface area contributed by atoms with Crippen LogP contribution >= 0.6 is 11.6 Å². The molecule has 1 aliphatic rings. The molecule has 0 aromatic heterocycles. The molecule has 22 heavy (non-hydrogen) atoms. The quantitative estimate of drug-likeness (QED) is 0.602. The van der Waals surface area contributed by atoms with Gasteiger partial charge in [0.2, 0.25) is 0 Å². The lowest BCUT2D eigenvalue weighted by atomic mass is 10.0. The molecule has 1 heterocycles. The molecule has 122 valence electrons. The first kappa shape index (κ1) is 17.8. The van der Waals surface area contributed by atoms with Gasteiger partial charge in [-0.25, -0.2) is 0 Å². The summed E-state index contributed by atoms with van der Waals surface area (Å²) in [5, 5.41) is 0.651. The SMILES string of the molecule is CC(C)(C)[S+]([O-])/N=C\CCC1(c2cccc(Cl)c2)OCCO1. The van der Waals surface area contributed by atoms with Gasteiger partial charge in [-0.1, -0.05) is 28.1 Å². The Morgan fingerprint density at radius 2 is 2.05 bits per heavy atom. The van der Waals surface area contributed by atoms with Crippen molar-refractivity contribution in [3.8, 4) is 0 Å². The number of hydrogen-bond acceptors (Lipinski definition) is 4. The minimum absolute atomic E-state index is 0.346. The van der Waals surface area contributed by atoms with Gasteiger partial charge < -0.3 is 14.0 Å². The van der Waals surface area contributed by atoms with Crippen LogP contribution in [0.1, 0.15) is 39.2 Å². The normalized spacial score (nSPS) is 19.7. The average Bonchev–Trinajstić information content (AvgIpc) is 2.92. The van der Waals surface area contributed by atoms with Crippen molar-refractivity contribution in [1.82, 2.24) is 0 Å². The van der Waals surface area contributed by atoms with Crippen LogP contribution in [0.5, 0.6) is 0 Å². The van der Waals surface area contributed by atoms with Crippen molar-refractivity contribution in [3.63, 3.8) is 0 Å². The van der Waals surface area contributed by atoms with E-state index in [4.69, 9.17) is 21.1 Å². The third-order valence-electron chi connectivity index (χ3n) is 3.31. The van der Waals surface area contributed by atoms with E-state index in [-0.39, 0.29) is 4.75 Å². The molecule has 1 atom stereocenters. The fourth-order valence-electron chi connectivity index (χ4n) is 2.17. The fourth-order valence-corrected chi connectivity index (χ4v) is 2.92. The van der Waals surface area contributed by atoms with Crippen molar-refractivity contribution < 1.29 is 14.0 Å². The molecule has 1 saturated heterocycles. The van der Waals surface area contributed by atoms with Crippen LogP contribution in [-0.4, -0.2) is 28.7 Å². The summed E-state index contributed by atoms with van der Waals surface area (Å²) in [4.78, 5) is 0. The molecule has 0 N–H and O–H groups in total. The van der Waals surface area contributed by atoms with Crippen LogP contribution < -0.4 is 0 Å². The Morgan fingerprint density at radius 3 is 2.64 bits per heavy atom. The van der Waals surface area contributed by atoms with Crippen LogP contribution in [0.4, 0.5) is 0 Å². The van der Waals surface area contributed by atoms with E-state index in [1.54, 1.807) is 6.21 Å². The number of nitrogens with zero attached hydrogens (tertiary/aromatic N) is 1. The van der Waals surface area contributed by atoms with Crippen molar-refractivity contribution in [3.05, 3.63) is 34.9 Å². The molecule has 0 saturated carbocycles. The van der Waals surface area contributed by atoms with Crippen molar-refractivity contribution in [2.75, 3.05) is 13.2 Å². The monoisotopic (exact) mass is 343 g/mol. The topological polar surface area (TPSA) is 53.9 Å². The standard InChI is InChI=1S/C16H22ClNO3S/c1-15(2,3)22(19)18-9-5-8-16(20-10-11-21-16)13-6-4-7-14(17)12-13/h4,6-7,9,12H,5,8,10-11H2,1-3H3/b18-9-. The first-order valence-electron chi connectivity index (χ1n) is 7.32. The predicted molar refractivity (Wildman–Crippen MR) is 90.7 cm³/mol. The Kier molecular flexibility index (Phi) is 5.91. The maximum absolute atomic E-state index is 11.9. The molecule has 0 spiro atoms. The van der Waals surface area contributed by atoms with Gasteiger partial charge >= 0.3 is 0 Å². The predicted octanol–water partition coefficient (Wildman–Crippen LogP) is 3.85. The highest BCUT2D eigenvalue weighted by Gasteiger charge is 2.38. The maximum Gasteiger partial charge on any atom is 0.195 e. The number of benzene rings is 1. The summed E-state index contributed by atoms with van der Waals surface area (Å²) in [5.41, 5.74) is 0.905. The zero-order valence-electron chi connectivity index (χ0n) is 13.2. The van der Waals surface area contributed by atoms with Gasteiger partial charge in [0.1, 0.15) is 16.1 Å². The number of hydrogen-bond donors (Lipinski definition) is 0. The molecule has 6 heteroatoms. The van der Waals surface area contributed by atoms with E-state index in [0.29, 0.717) is 31.1 Å². The summed E-state index contributed by atoms with van der Waals surface area (Å²) in [6.45, 7) is 6.81. The van der Waals surface area contributed by atoms with Crippen LogP contribution in [0.25, 0.3) is 0 Å². The lowest BCUT2D eigenvalue weighted by Crippen LogP contribution is -2.28. The van der Waals surface area contributed by atoms with Crippen LogP contribution in [-0.2, 0) is 26.6 Å². The number of ether oxygens (including phenoxy) is 2. The van der Waals surface area contributed by atoms with Gasteiger partial charge in [-0.3, -0.25) is 0 Å². The molecule has 1 unspecified atom stereocenters. The van der Waals surface area contributed by atoms with E-state index in [2.05, 4.69) is 4.40 Å². The second kappa shape index (κ2) is 7.32. The lowest BCUT2D eigenvalue weighted by molar-refractivity contribution is -0.169. The van der Waals surface area contributed by atoms with E-state index >= 15 is 0 Å². The number of rotatable bonds is 5. The Morgan fingerprint density at radius 1 is 1.36 bits per heavy atom. The molecule has 4 nitrogen and oxygen atoms in total. The zero-order chi connectivity index (χ0) is 16.2. The highest BCUT2D eigenvalue weighted by atomic mass is 35.5. The summed E-state index contributed by atoms with van der Waals surface area (Å²) in [6.07, 6.45) is 2.92. The van der Waals surface area contributed by atoms with Crippen molar-refractivity contribution >= 4 is 29.2 Å². The molecule has 2 rings (SSSR count). The van der Waals surface area contributed by atoms with Crippen LogP contribution in [0, 0.1) is 0 Å². The molecule has 1 aromatic rings. The van der Waals surface area contributed by atoms with E-state index < -0.39 is 17.1 Å². The van der Waals surface area contributed by atoms with E-state index in [0.717, 1.165) is 5.56 Å². The lowest BCUT2D eigenvalue weighted by Gasteiger charge is -2.27. The van der Waals surface area contributed by atoms with Crippen molar-refractivity contribution in [1.29, 1.82) is 0 Å². The molecule has 0 amide bonds. The largest absolute Gasteiger partial charge is 0.591 e. The molecule has 1 aromatic carbocycles.